The first-order chi connectivity index (χ1) is 9.58. The number of para-hydroxylation sites is 1. The average Bonchev–Trinajstić information content (AvgIpc) is 2.83. The number of hydrogen-bond acceptors (Lipinski definition) is 4. The molecule has 3 atom stereocenters. The second-order valence-corrected chi connectivity index (χ2v) is 5.79. The molecule has 0 bridgehead atoms. The number of nitro benzene ring substituents is 1. The van der Waals surface area contributed by atoms with Crippen molar-refractivity contribution in [3.63, 3.8) is 0 Å². The van der Waals surface area contributed by atoms with E-state index in [2.05, 4.69) is 0 Å². The van der Waals surface area contributed by atoms with Gasteiger partial charge in [-0.05, 0) is 30.7 Å². The highest BCUT2D eigenvalue weighted by molar-refractivity contribution is 5.64. The number of rotatable bonds is 2. The fourth-order valence-electron chi connectivity index (χ4n) is 3.66. The van der Waals surface area contributed by atoms with Crippen molar-refractivity contribution < 1.29 is 9.31 Å². The minimum atomic E-state index is -0.522. The summed E-state index contributed by atoms with van der Waals surface area (Å²) in [5.41, 5.74) is 6.11. The Morgan fingerprint density at radius 2 is 2.15 bits per heavy atom. The number of nitrogens with two attached hydrogens (primary N) is 1. The topological polar surface area (TPSA) is 72.4 Å². The van der Waals surface area contributed by atoms with Crippen molar-refractivity contribution in [2.24, 2.45) is 17.6 Å². The van der Waals surface area contributed by atoms with Crippen LogP contribution in [0, 0.1) is 27.8 Å². The molecule has 5 nitrogen and oxygen atoms in total. The van der Waals surface area contributed by atoms with E-state index in [1.165, 1.54) is 18.2 Å². The molecule has 0 amide bonds. The molecule has 0 radical (unpaired) electrons. The van der Waals surface area contributed by atoms with E-state index in [-0.39, 0.29) is 17.4 Å². The van der Waals surface area contributed by atoms with E-state index in [0.717, 1.165) is 19.3 Å². The molecule has 108 valence electrons. The Bertz CT molecular complexity index is 537. The van der Waals surface area contributed by atoms with Crippen molar-refractivity contribution >= 4 is 11.4 Å². The summed E-state index contributed by atoms with van der Waals surface area (Å²) in [7, 11) is 0. The smallest absolute Gasteiger partial charge is 0.295 e. The summed E-state index contributed by atoms with van der Waals surface area (Å²) in [5.74, 6) is 0.229. The lowest BCUT2D eigenvalue weighted by atomic mass is 9.78. The summed E-state index contributed by atoms with van der Waals surface area (Å²) in [4.78, 5) is 12.4. The van der Waals surface area contributed by atoms with Crippen LogP contribution in [-0.4, -0.2) is 24.1 Å². The van der Waals surface area contributed by atoms with E-state index in [9.17, 15) is 14.5 Å². The molecule has 20 heavy (non-hydrogen) atoms. The lowest BCUT2D eigenvalue weighted by Crippen LogP contribution is -2.38. The molecule has 1 aliphatic heterocycles. The van der Waals surface area contributed by atoms with Gasteiger partial charge in [-0.2, -0.15) is 0 Å². The SMILES string of the molecule is NC1CCCC2CN(c3c(F)cccc3[N+](=O)[O-])CC12. The molecule has 2 aliphatic rings. The number of nitro groups is 1. The van der Waals surface area contributed by atoms with Crippen LogP contribution in [0.25, 0.3) is 0 Å². The highest BCUT2D eigenvalue weighted by atomic mass is 19.1. The van der Waals surface area contributed by atoms with Gasteiger partial charge in [-0.3, -0.25) is 10.1 Å². The third-order valence-corrected chi connectivity index (χ3v) is 4.63. The zero-order chi connectivity index (χ0) is 14.3. The van der Waals surface area contributed by atoms with Gasteiger partial charge in [0.1, 0.15) is 0 Å². The molecular formula is C14H18FN3O2. The molecule has 1 aromatic rings. The van der Waals surface area contributed by atoms with Crippen molar-refractivity contribution in [3.05, 3.63) is 34.1 Å². The van der Waals surface area contributed by atoms with Crippen molar-refractivity contribution in [3.8, 4) is 0 Å². The first kappa shape index (κ1) is 13.3. The standard InChI is InChI=1S/C14H18FN3O2/c15-11-4-2-6-13(18(19)20)14(11)17-7-9-3-1-5-12(16)10(9)8-17/h2,4,6,9-10,12H,1,3,5,7-8,16H2. The molecule has 6 heteroatoms. The summed E-state index contributed by atoms with van der Waals surface area (Å²) < 4.78 is 14.1. The van der Waals surface area contributed by atoms with Crippen LogP contribution in [0.4, 0.5) is 15.8 Å². The molecule has 3 rings (SSSR count). The highest BCUT2D eigenvalue weighted by Crippen LogP contribution is 2.41. The van der Waals surface area contributed by atoms with Crippen LogP contribution in [0.15, 0.2) is 18.2 Å². The van der Waals surface area contributed by atoms with Crippen molar-refractivity contribution in [1.29, 1.82) is 0 Å². The summed E-state index contributed by atoms with van der Waals surface area (Å²) in [6, 6.07) is 4.15. The Hall–Kier alpha value is -1.69. The summed E-state index contributed by atoms with van der Waals surface area (Å²) in [6.45, 7) is 1.29. The molecule has 1 saturated carbocycles. The Labute approximate surface area is 116 Å². The van der Waals surface area contributed by atoms with Crippen molar-refractivity contribution in [1.82, 2.24) is 0 Å². The predicted octanol–water partition coefficient (Wildman–Crippen LogP) is 2.30. The van der Waals surface area contributed by atoms with Crippen molar-refractivity contribution in [2.75, 3.05) is 18.0 Å². The van der Waals surface area contributed by atoms with Gasteiger partial charge in [0.2, 0.25) is 0 Å². The van der Waals surface area contributed by atoms with E-state index in [1.54, 1.807) is 0 Å². The van der Waals surface area contributed by atoms with Crippen LogP contribution in [0.3, 0.4) is 0 Å². The van der Waals surface area contributed by atoms with Crippen LogP contribution in [0.2, 0.25) is 0 Å². The van der Waals surface area contributed by atoms with Crippen LogP contribution in [-0.2, 0) is 0 Å². The van der Waals surface area contributed by atoms with Gasteiger partial charge < -0.3 is 10.6 Å². The van der Waals surface area contributed by atoms with E-state index in [1.807, 2.05) is 4.90 Å². The number of nitrogens with zero attached hydrogens (tertiary/aromatic N) is 2. The maximum atomic E-state index is 14.1. The zero-order valence-electron chi connectivity index (χ0n) is 11.2. The second kappa shape index (κ2) is 5.01. The number of fused-ring (bicyclic) bond motifs is 1. The van der Waals surface area contributed by atoms with Gasteiger partial charge in [-0.1, -0.05) is 12.5 Å². The first-order valence-corrected chi connectivity index (χ1v) is 7.01. The Morgan fingerprint density at radius 3 is 2.85 bits per heavy atom. The van der Waals surface area contributed by atoms with E-state index >= 15 is 0 Å². The Morgan fingerprint density at radius 1 is 1.35 bits per heavy atom. The summed E-state index contributed by atoms with van der Waals surface area (Å²) in [6.07, 6.45) is 3.17. The monoisotopic (exact) mass is 279 g/mol. The minimum Gasteiger partial charge on any atom is -0.363 e. The van der Waals surface area contributed by atoms with Crippen LogP contribution in [0.5, 0.6) is 0 Å². The van der Waals surface area contributed by atoms with Crippen LogP contribution < -0.4 is 10.6 Å². The van der Waals surface area contributed by atoms with E-state index < -0.39 is 10.7 Å². The lowest BCUT2D eigenvalue weighted by molar-refractivity contribution is -0.384. The van der Waals surface area contributed by atoms with Gasteiger partial charge in [0.15, 0.2) is 11.5 Å². The maximum absolute atomic E-state index is 14.1. The fraction of sp³-hybridized carbons (Fsp3) is 0.571. The lowest BCUT2D eigenvalue weighted by Gasteiger charge is -2.29. The fourth-order valence-corrected chi connectivity index (χ4v) is 3.66. The molecule has 0 aromatic heterocycles. The molecule has 1 heterocycles. The number of hydrogen-bond donors (Lipinski definition) is 1. The van der Waals surface area contributed by atoms with E-state index in [4.69, 9.17) is 5.73 Å². The third-order valence-electron chi connectivity index (χ3n) is 4.63. The number of benzene rings is 1. The molecule has 2 fully saturated rings. The van der Waals surface area contributed by atoms with Gasteiger partial charge >= 0.3 is 0 Å². The molecule has 1 aromatic carbocycles. The molecule has 0 spiro atoms. The molecule has 2 N–H and O–H groups in total. The molecule has 3 unspecified atom stereocenters. The highest BCUT2D eigenvalue weighted by Gasteiger charge is 2.41. The maximum Gasteiger partial charge on any atom is 0.295 e. The van der Waals surface area contributed by atoms with Crippen LogP contribution >= 0.6 is 0 Å². The molecular weight excluding hydrogens is 261 g/mol. The van der Waals surface area contributed by atoms with Crippen LogP contribution in [0.1, 0.15) is 19.3 Å². The average molecular weight is 279 g/mol. The second-order valence-electron chi connectivity index (χ2n) is 5.79. The third kappa shape index (κ3) is 2.14. The van der Waals surface area contributed by atoms with Gasteiger partial charge in [-0.15, -0.1) is 0 Å². The number of anilines is 1. The summed E-state index contributed by atoms with van der Waals surface area (Å²) >= 11 is 0. The van der Waals surface area contributed by atoms with Gasteiger partial charge in [0.05, 0.1) is 4.92 Å². The Balaban J connectivity index is 1.93. The normalized spacial score (nSPS) is 29.3. The van der Waals surface area contributed by atoms with Gasteiger partial charge in [0.25, 0.3) is 5.69 Å². The molecule has 1 saturated heterocycles. The predicted molar refractivity (Wildman–Crippen MR) is 74.1 cm³/mol. The first-order valence-electron chi connectivity index (χ1n) is 7.01. The minimum absolute atomic E-state index is 0.124. The van der Waals surface area contributed by atoms with Gasteiger partial charge in [0, 0.05) is 25.2 Å². The molecule has 1 aliphatic carbocycles. The Kier molecular flexibility index (Phi) is 3.33. The quantitative estimate of drug-likeness (QED) is 0.666. The largest absolute Gasteiger partial charge is 0.363 e. The van der Waals surface area contributed by atoms with Crippen molar-refractivity contribution in [2.45, 2.75) is 25.3 Å². The van der Waals surface area contributed by atoms with E-state index in [0.29, 0.717) is 24.9 Å². The summed E-state index contributed by atoms with van der Waals surface area (Å²) in [5, 5.41) is 11.1. The zero-order valence-corrected chi connectivity index (χ0v) is 11.2. The number of halogens is 1. The van der Waals surface area contributed by atoms with Gasteiger partial charge in [-0.25, -0.2) is 4.39 Å².